The Morgan fingerprint density at radius 3 is 3.00 bits per heavy atom. The molecule has 1 aliphatic heterocycles. The first kappa shape index (κ1) is 11.4. The maximum absolute atomic E-state index is 11.0. The number of aliphatic carboxylic acids is 1. The first-order valence-corrected chi connectivity index (χ1v) is 5.45. The van der Waals surface area contributed by atoms with E-state index in [-0.39, 0.29) is 11.8 Å². The second-order valence-corrected chi connectivity index (χ2v) is 4.34. The molecule has 1 aromatic rings. The van der Waals surface area contributed by atoms with E-state index in [4.69, 9.17) is 10.4 Å². The summed E-state index contributed by atoms with van der Waals surface area (Å²) in [6.45, 7) is 3.05. The van der Waals surface area contributed by atoms with Gasteiger partial charge in [0.25, 0.3) is 0 Å². The topological polar surface area (TPSA) is 77.2 Å². The van der Waals surface area contributed by atoms with Crippen molar-refractivity contribution < 1.29 is 9.90 Å². The molecule has 17 heavy (non-hydrogen) atoms. The molecule has 2 rings (SSSR count). The SMILES string of the molecule is CC1CN(c2cc(C#N)ccn2)CC1C(=O)O. The lowest BCUT2D eigenvalue weighted by Crippen LogP contribution is -2.23. The van der Waals surface area contributed by atoms with Gasteiger partial charge in [-0.05, 0) is 18.1 Å². The number of nitriles is 1. The van der Waals surface area contributed by atoms with Crippen LogP contribution in [-0.4, -0.2) is 29.1 Å². The molecule has 0 amide bonds. The number of carbonyl (C=O) groups is 1. The summed E-state index contributed by atoms with van der Waals surface area (Å²) in [5.74, 6) is -0.348. The Hall–Kier alpha value is -2.09. The number of anilines is 1. The molecule has 1 N–H and O–H groups in total. The van der Waals surface area contributed by atoms with Crippen LogP contribution in [0.25, 0.3) is 0 Å². The van der Waals surface area contributed by atoms with Crippen molar-refractivity contribution in [3.63, 3.8) is 0 Å². The van der Waals surface area contributed by atoms with E-state index in [1.807, 2.05) is 11.8 Å². The van der Waals surface area contributed by atoms with Gasteiger partial charge in [-0.2, -0.15) is 5.26 Å². The third-order valence-corrected chi connectivity index (χ3v) is 3.13. The number of carboxylic acid groups (broad SMARTS) is 1. The minimum Gasteiger partial charge on any atom is -0.481 e. The summed E-state index contributed by atoms with van der Waals surface area (Å²) in [6.07, 6.45) is 1.58. The zero-order chi connectivity index (χ0) is 12.4. The highest BCUT2D eigenvalue weighted by Crippen LogP contribution is 2.27. The van der Waals surface area contributed by atoms with Crippen LogP contribution in [-0.2, 0) is 4.79 Å². The second kappa shape index (κ2) is 4.42. The number of nitrogens with zero attached hydrogens (tertiary/aromatic N) is 3. The summed E-state index contributed by atoms with van der Waals surface area (Å²) in [6, 6.07) is 5.38. The van der Waals surface area contributed by atoms with E-state index < -0.39 is 5.97 Å². The quantitative estimate of drug-likeness (QED) is 0.825. The molecular weight excluding hydrogens is 218 g/mol. The number of hydrogen-bond acceptors (Lipinski definition) is 4. The third kappa shape index (κ3) is 2.21. The summed E-state index contributed by atoms with van der Waals surface area (Å²) in [7, 11) is 0. The summed E-state index contributed by atoms with van der Waals surface area (Å²) >= 11 is 0. The molecule has 0 radical (unpaired) electrons. The van der Waals surface area contributed by atoms with Gasteiger partial charge in [-0.3, -0.25) is 4.79 Å². The van der Waals surface area contributed by atoms with Crippen molar-refractivity contribution >= 4 is 11.8 Å². The standard InChI is InChI=1S/C12H13N3O2/c1-8-6-15(7-10(8)12(16)17)11-4-9(5-13)2-3-14-11/h2-4,8,10H,6-7H2,1H3,(H,16,17). The van der Waals surface area contributed by atoms with Crippen LogP contribution in [0.3, 0.4) is 0 Å². The zero-order valence-corrected chi connectivity index (χ0v) is 9.50. The Kier molecular flexibility index (Phi) is 2.96. The Morgan fingerprint density at radius 2 is 2.41 bits per heavy atom. The van der Waals surface area contributed by atoms with Gasteiger partial charge in [-0.25, -0.2) is 4.98 Å². The lowest BCUT2D eigenvalue weighted by molar-refractivity contribution is -0.142. The summed E-state index contributed by atoms with van der Waals surface area (Å²) in [5, 5.41) is 17.9. The van der Waals surface area contributed by atoms with Crippen LogP contribution in [0.5, 0.6) is 0 Å². The van der Waals surface area contributed by atoms with E-state index in [2.05, 4.69) is 11.1 Å². The van der Waals surface area contributed by atoms with Crippen LogP contribution < -0.4 is 4.90 Å². The van der Waals surface area contributed by atoms with E-state index in [0.717, 1.165) is 0 Å². The number of pyridine rings is 1. The fourth-order valence-electron chi connectivity index (χ4n) is 2.14. The van der Waals surface area contributed by atoms with Crippen molar-refractivity contribution in [2.75, 3.05) is 18.0 Å². The number of carboxylic acids is 1. The number of rotatable bonds is 2. The second-order valence-electron chi connectivity index (χ2n) is 4.34. The van der Waals surface area contributed by atoms with Gasteiger partial charge in [0, 0.05) is 19.3 Å². The van der Waals surface area contributed by atoms with Crippen molar-refractivity contribution in [3.8, 4) is 6.07 Å². The molecule has 5 heteroatoms. The molecule has 1 fully saturated rings. The van der Waals surface area contributed by atoms with Gasteiger partial charge in [-0.15, -0.1) is 0 Å². The van der Waals surface area contributed by atoms with E-state index in [1.165, 1.54) is 0 Å². The van der Waals surface area contributed by atoms with E-state index in [9.17, 15) is 4.79 Å². The third-order valence-electron chi connectivity index (χ3n) is 3.13. The van der Waals surface area contributed by atoms with Crippen LogP contribution in [0.1, 0.15) is 12.5 Å². The Labute approximate surface area is 99.3 Å². The van der Waals surface area contributed by atoms with Crippen LogP contribution in [0.4, 0.5) is 5.82 Å². The average molecular weight is 231 g/mol. The smallest absolute Gasteiger partial charge is 0.308 e. The van der Waals surface area contributed by atoms with Crippen LogP contribution >= 0.6 is 0 Å². The number of aromatic nitrogens is 1. The van der Waals surface area contributed by atoms with Gasteiger partial charge in [-0.1, -0.05) is 6.92 Å². The van der Waals surface area contributed by atoms with Gasteiger partial charge in [0.1, 0.15) is 5.82 Å². The normalized spacial score (nSPS) is 23.4. The first-order chi connectivity index (χ1) is 8.11. The highest BCUT2D eigenvalue weighted by molar-refractivity contribution is 5.72. The molecule has 0 spiro atoms. The molecule has 1 aliphatic rings. The van der Waals surface area contributed by atoms with Gasteiger partial charge in [0.2, 0.25) is 0 Å². The largest absolute Gasteiger partial charge is 0.481 e. The molecule has 2 unspecified atom stereocenters. The lowest BCUT2D eigenvalue weighted by atomic mass is 9.99. The molecule has 1 saturated heterocycles. The minimum absolute atomic E-state index is 0.0973. The molecule has 1 aromatic heterocycles. The van der Waals surface area contributed by atoms with Crippen LogP contribution in [0.15, 0.2) is 18.3 Å². The molecule has 2 atom stereocenters. The Bertz CT molecular complexity index is 481. The lowest BCUT2D eigenvalue weighted by Gasteiger charge is -2.16. The maximum Gasteiger partial charge on any atom is 0.308 e. The van der Waals surface area contributed by atoms with E-state index >= 15 is 0 Å². The Morgan fingerprint density at radius 1 is 1.65 bits per heavy atom. The van der Waals surface area contributed by atoms with Crippen molar-refractivity contribution in [1.29, 1.82) is 5.26 Å². The minimum atomic E-state index is -0.767. The van der Waals surface area contributed by atoms with Crippen molar-refractivity contribution in [2.45, 2.75) is 6.92 Å². The van der Waals surface area contributed by atoms with Gasteiger partial charge < -0.3 is 10.0 Å². The average Bonchev–Trinajstić information content (AvgIpc) is 2.71. The molecule has 0 bridgehead atoms. The van der Waals surface area contributed by atoms with E-state index in [0.29, 0.717) is 24.5 Å². The summed E-state index contributed by atoms with van der Waals surface area (Å²) < 4.78 is 0. The summed E-state index contributed by atoms with van der Waals surface area (Å²) in [4.78, 5) is 17.1. The molecule has 88 valence electrons. The van der Waals surface area contributed by atoms with Crippen molar-refractivity contribution in [3.05, 3.63) is 23.9 Å². The molecule has 5 nitrogen and oxygen atoms in total. The molecular formula is C12H13N3O2. The van der Waals surface area contributed by atoms with Crippen molar-refractivity contribution in [2.24, 2.45) is 11.8 Å². The van der Waals surface area contributed by atoms with Crippen molar-refractivity contribution in [1.82, 2.24) is 4.98 Å². The summed E-state index contributed by atoms with van der Waals surface area (Å²) in [5.41, 5.74) is 0.543. The highest BCUT2D eigenvalue weighted by Gasteiger charge is 2.35. The highest BCUT2D eigenvalue weighted by atomic mass is 16.4. The predicted molar refractivity (Wildman–Crippen MR) is 61.5 cm³/mol. The Balaban J connectivity index is 2.20. The first-order valence-electron chi connectivity index (χ1n) is 5.45. The maximum atomic E-state index is 11.0. The molecule has 0 saturated carbocycles. The molecule has 2 heterocycles. The van der Waals surface area contributed by atoms with Gasteiger partial charge in [0.15, 0.2) is 0 Å². The zero-order valence-electron chi connectivity index (χ0n) is 9.50. The van der Waals surface area contributed by atoms with Gasteiger partial charge >= 0.3 is 5.97 Å². The predicted octanol–water partition coefficient (Wildman–Crippen LogP) is 1.11. The fraction of sp³-hybridized carbons (Fsp3) is 0.417. The molecule has 0 aliphatic carbocycles. The molecule has 0 aromatic carbocycles. The van der Waals surface area contributed by atoms with Crippen LogP contribution in [0.2, 0.25) is 0 Å². The fourth-order valence-corrected chi connectivity index (χ4v) is 2.14. The van der Waals surface area contributed by atoms with Crippen LogP contribution in [0, 0.1) is 23.2 Å². The van der Waals surface area contributed by atoms with E-state index in [1.54, 1.807) is 18.3 Å². The monoisotopic (exact) mass is 231 g/mol. The number of hydrogen-bond donors (Lipinski definition) is 1. The van der Waals surface area contributed by atoms with Gasteiger partial charge in [0.05, 0.1) is 17.6 Å².